The van der Waals surface area contributed by atoms with Crippen LogP contribution in [0.5, 0.6) is 17.2 Å². The Bertz CT molecular complexity index is 1980. The number of esters is 2. The monoisotopic (exact) mass is 568 g/mol. The van der Waals surface area contributed by atoms with Crippen LogP contribution < -0.4 is 4.74 Å². The molecule has 3 heterocycles. The predicted octanol–water partition coefficient (Wildman–Crippen LogP) is 6.03. The highest BCUT2D eigenvalue weighted by atomic mass is 16.6. The molecular weight excluding hydrogens is 540 g/mol. The number of fused-ring (bicyclic) bond motifs is 5. The van der Waals surface area contributed by atoms with E-state index >= 15 is 0 Å². The lowest BCUT2D eigenvalue weighted by Crippen LogP contribution is -2.51. The number of rotatable bonds is 3. The first-order chi connectivity index (χ1) is 19.9. The number of phenols is 2. The first-order valence-corrected chi connectivity index (χ1v) is 13.6. The SMILES string of the molecule is COC(=O)c1cc2c(O)cccc2c2oc([C@]3(C)C[C@H]4c5c(c(O)c6ccccc6c5O3)C(=O)O[C@H]4C(C)(C)O)cc12. The number of cyclic esters (lactones) is 1. The fourth-order valence-corrected chi connectivity index (χ4v) is 6.63. The maximum atomic E-state index is 13.2. The molecule has 0 aliphatic carbocycles. The van der Waals surface area contributed by atoms with Crippen LogP contribution in [0, 0.1) is 0 Å². The second-order valence-electron chi connectivity index (χ2n) is 11.8. The van der Waals surface area contributed by atoms with Crippen LogP contribution >= 0.6 is 0 Å². The van der Waals surface area contributed by atoms with Crippen molar-refractivity contribution in [1.29, 1.82) is 0 Å². The van der Waals surface area contributed by atoms with Crippen molar-refractivity contribution < 1.29 is 43.5 Å². The van der Waals surface area contributed by atoms with Gasteiger partial charge in [0.2, 0.25) is 0 Å². The Morgan fingerprint density at radius 3 is 2.43 bits per heavy atom. The summed E-state index contributed by atoms with van der Waals surface area (Å²) in [5.41, 5.74) is -1.50. The molecule has 7 rings (SSSR count). The Morgan fingerprint density at radius 2 is 1.71 bits per heavy atom. The lowest BCUT2D eigenvalue weighted by molar-refractivity contribution is -0.0979. The molecule has 5 aromatic rings. The van der Waals surface area contributed by atoms with E-state index in [2.05, 4.69) is 0 Å². The van der Waals surface area contributed by atoms with Gasteiger partial charge in [-0.05, 0) is 39.0 Å². The van der Waals surface area contributed by atoms with E-state index in [0.29, 0.717) is 49.6 Å². The highest BCUT2D eigenvalue weighted by molar-refractivity contribution is 6.15. The fourth-order valence-electron chi connectivity index (χ4n) is 6.63. The van der Waals surface area contributed by atoms with E-state index in [1.165, 1.54) is 13.2 Å². The predicted molar refractivity (Wildman–Crippen MR) is 153 cm³/mol. The Morgan fingerprint density at radius 1 is 1.00 bits per heavy atom. The lowest BCUT2D eigenvalue weighted by atomic mass is 9.71. The summed E-state index contributed by atoms with van der Waals surface area (Å²) < 4.78 is 24.1. The quantitative estimate of drug-likeness (QED) is 0.223. The molecule has 0 unspecified atom stereocenters. The smallest absolute Gasteiger partial charge is 0.342 e. The Labute approximate surface area is 239 Å². The zero-order valence-electron chi connectivity index (χ0n) is 23.3. The topological polar surface area (TPSA) is 136 Å². The zero-order chi connectivity index (χ0) is 29.7. The van der Waals surface area contributed by atoms with Crippen LogP contribution in [0.3, 0.4) is 0 Å². The average Bonchev–Trinajstić information content (AvgIpc) is 3.42. The number of furan rings is 1. The van der Waals surface area contributed by atoms with Crippen molar-refractivity contribution in [2.75, 3.05) is 7.11 Å². The van der Waals surface area contributed by atoms with Gasteiger partial charge in [0, 0.05) is 44.8 Å². The summed E-state index contributed by atoms with van der Waals surface area (Å²) in [5, 5.41) is 35.4. The summed E-state index contributed by atoms with van der Waals surface area (Å²) in [6, 6.07) is 15.4. The van der Waals surface area contributed by atoms with Gasteiger partial charge in [-0.25, -0.2) is 9.59 Å². The first-order valence-electron chi connectivity index (χ1n) is 13.6. The number of benzene rings is 4. The number of hydrogen-bond donors (Lipinski definition) is 3. The van der Waals surface area contributed by atoms with Crippen molar-refractivity contribution in [2.24, 2.45) is 0 Å². The Hall–Kier alpha value is -4.76. The fraction of sp³-hybridized carbons (Fsp3) is 0.273. The minimum Gasteiger partial charge on any atom is -0.507 e. The maximum absolute atomic E-state index is 13.2. The standard InChI is InChI=1S/C33H28O9/c1-32(2,38)29-21-14-33(3,42-28-16-9-6-5-8-15(16)26(35)25(24(21)28)31(37)41-29)23-13-19-20(30(36)39-4)12-18-17(27(19)40-23)10-7-11-22(18)34/h5-13,21,29,34-35,38H,14H2,1-4H3/t21-,29+,33-/m0/s1. The molecule has 1 aromatic heterocycles. The molecule has 0 spiro atoms. The van der Waals surface area contributed by atoms with Crippen LogP contribution in [0.15, 0.2) is 59.0 Å². The van der Waals surface area contributed by atoms with Crippen LogP contribution in [-0.2, 0) is 15.1 Å². The highest BCUT2D eigenvalue weighted by Crippen LogP contribution is 2.57. The number of aromatic hydroxyl groups is 2. The van der Waals surface area contributed by atoms with Gasteiger partial charge in [0.15, 0.2) is 5.60 Å². The van der Waals surface area contributed by atoms with Crippen LogP contribution in [-0.4, -0.2) is 46.1 Å². The third-order valence-corrected chi connectivity index (χ3v) is 8.55. The van der Waals surface area contributed by atoms with Crippen molar-refractivity contribution >= 4 is 44.5 Å². The molecule has 2 aliphatic heterocycles. The summed E-state index contributed by atoms with van der Waals surface area (Å²) in [7, 11) is 1.28. The second-order valence-corrected chi connectivity index (χ2v) is 11.8. The van der Waals surface area contributed by atoms with E-state index in [0.717, 1.165) is 0 Å². The van der Waals surface area contributed by atoms with Gasteiger partial charge in [-0.2, -0.15) is 0 Å². The summed E-state index contributed by atoms with van der Waals surface area (Å²) >= 11 is 0. The minimum atomic E-state index is -1.42. The molecule has 214 valence electrons. The Balaban J connectivity index is 1.51. The van der Waals surface area contributed by atoms with E-state index in [1.807, 2.05) is 13.0 Å². The third kappa shape index (κ3) is 3.53. The molecule has 2 aliphatic rings. The number of carbonyl (C=O) groups excluding carboxylic acids is 2. The summed E-state index contributed by atoms with van der Waals surface area (Å²) in [5.74, 6) is -1.34. The average molecular weight is 569 g/mol. The Kier molecular flexibility index (Phi) is 5.37. The molecule has 0 radical (unpaired) electrons. The van der Waals surface area contributed by atoms with Crippen molar-refractivity contribution in [1.82, 2.24) is 0 Å². The van der Waals surface area contributed by atoms with Gasteiger partial charge in [-0.1, -0.05) is 36.4 Å². The number of hydrogen-bond acceptors (Lipinski definition) is 9. The molecule has 0 amide bonds. The molecule has 3 N–H and O–H groups in total. The molecule has 0 saturated carbocycles. The van der Waals surface area contributed by atoms with Crippen LogP contribution in [0.25, 0.3) is 32.5 Å². The normalized spacial score (nSPS) is 21.7. The number of phenolic OH excluding ortho intramolecular Hbond substituents is 2. The summed E-state index contributed by atoms with van der Waals surface area (Å²) in [6.07, 6.45) is -0.740. The van der Waals surface area contributed by atoms with Crippen molar-refractivity contribution in [2.45, 2.75) is 50.4 Å². The van der Waals surface area contributed by atoms with Crippen molar-refractivity contribution in [3.8, 4) is 17.2 Å². The molecule has 3 atom stereocenters. The van der Waals surface area contributed by atoms with Gasteiger partial charge < -0.3 is 33.9 Å². The van der Waals surface area contributed by atoms with Gasteiger partial charge in [0.05, 0.1) is 18.3 Å². The highest BCUT2D eigenvalue weighted by Gasteiger charge is 2.54. The number of methoxy groups -OCH3 is 1. The molecule has 0 fully saturated rings. The third-order valence-electron chi connectivity index (χ3n) is 8.55. The van der Waals surface area contributed by atoms with E-state index in [-0.39, 0.29) is 29.0 Å². The van der Waals surface area contributed by atoms with E-state index in [1.54, 1.807) is 56.3 Å². The van der Waals surface area contributed by atoms with Crippen LogP contribution in [0.1, 0.15) is 65.1 Å². The largest absolute Gasteiger partial charge is 0.507 e. The molecular formula is C33H28O9. The molecule has 0 saturated heterocycles. The van der Waals surface area contributed by atoms with Gasteiger partial charge in [0.25, 0.3) is 0 Å². The van der Waals surface area contributed by atoms with Crippen LogP contribution in [0.4, 0.5) is 0 Å². The minimum absolute atomic E-state index is 0.0117. The van der Waals surface area contributed by atoms with Gasteiger partial charge in [-0.3, -0.25) is 0 Å². The van der Waals surface area contributed by atoms with Crippen molar-refractivity contribution in [3.63, 3.8) is 0 Å². The van der Waals surface area contributed by atoms with E-state index in [9.17, 15) is 24.9 Å². The van der Waals surface area contributed by atoms with Gasteiger partial charge in [-0.15, -0.1) is 0 Å². The molecule has 9 nitrogen and oxygen atoms in total. The van der Waals surface area contributed by atoms with E-state index in [4.69, 9.17) is 18.6 Å². The number of carbonyl (C=O) groups is 2. The van der Waals surface area contributed by atoms with Gasteiger partial charge in [0.1, 0.15) is 40.3 Å². The van der Waals surface area contributed by atoms with Crippen LogP contribution in [0.2, 0.25) is 0 Å². The zero-order valence-corrected chi connectivity index (χ0v) is 23.3. The first kappa shape index (κ1) is 26.2. The lowest BCUT2D eigenvalue weighted by Gasteiger charge is -2.47. The summed E-state index contributed by atoms with van der Waals surface area (Å²) in [4.78, 5) is 26.1. The van der Waals surface area contributed by atoms with Crippen molar-refractivity contribution in [3.05, 3.63) is 77.0 Å². The number of ether oxygens (including phenoxy) is 3. The molecule has 4 aromatic carbocycles. The maximum Gasteiger partial charge on any atom is 0.342 e. The molecule has 42 heavy (non-hydrogen) atoms. The second kappa shape index (κ2) is 8.62. The molecule has 0 bridgehead atoms. The summed E-state index contributed by atoms with van der Waals surface area (Å²) in [6.45, 7) is 4.99. The van der Waals surface area contributed by atoms with E-state index < -0.39 is 35.2 Å². The van der Waals surface area contributed by atoms with Gasteiger partial charge >= 0.3 is 11.9 Å². The number of aliphatic hydroxyl groups is 1. The molecule has 9 heteroatoms.